The van der Waals surface area contributed by atoms with Crippen LogP contribution in [0.25, 0.3) is 0 Å². The van der Waals surface area contributed by atoms with Gasteiger partial charge in [0.1, 0.15) is 5.69 Å². The predicted octanol–water partition coefficient (Wildman–Crippen LogP) is 0.730. The molecule has 9 nitrogen and oxygen atoms in total. The Kier molecular flexibility index (Phi) is 5.59. The van der Waals surface area contributed by atoms with Crippen LogP contribution in [0.15, 0.2) is 18.2 Å². The van der Waals surface area contributed by atoms with Crippen LogP contribution in [-0.2, 0) is 4.79 Å². The van der Waals surface area contributed by atoms with Crippen molar-refractivity contribution in [1.82, 2.24) is 10.2 Å². The summed E-state index contributed by atoms with van der Waals surface area (Å²) < 4.78 is 0. The zero-order valence-electron chi connectivity index (χ0n) is 15.4. The Bertz CT molecular complexity index is 741. The quantitative estimate of drug-likeness (QED) is 0.558. The Labute approximate surface area is 157 Å². The Morgan fingerprint density at radius 2 is 1.96 bits per heavy atom. The van der Waals surface area contributed by atoms with Gasteiger partial charge in [0.15, 0.2) is 0 Å². The molecule has 2 fully saturated rings. The molecule has 2 amide bonds. The minimum absolute atomic E-state index is 0.00119. The number of hydrogen-bond donors (Lipinski definition) is 2. The number of rotatable bonds is 6. The molecular weight excluding hydrogens is 350 g/mol. The molecule has 146 valence electrons. The number of benzene rings is 1. The molecule has 27 heavy (non-hydrogen) atoms. The molecule has 1 aromatic rings. The molecule has 1 heterocycles. The molecule has 9 heteroatoms. The number of nitrogens with zero attached hydrogens (tertiary/aromatic N) is 3. The number of nitrogens with one attached hydrogen (secondary N) is 1. The molecule has 1 saturated heterocycles. The van der Waals surface area contributed by atoms with Gasteiger partial charge in [0.2, 0.25) is 5.91 Å². The zero-order valence-corrected chi connectivity index (χ0v) is 15.4. The molecule has 0 spiro atoms. The lowest BCUT2D eigenvalue weighted by molar-refractivity contribution is -0.384. The summed E-state index contributed by atoms with van der Waals surface area (Å²) in [6.07, 6.45) is 2.10. The molecule has 2 aliphatic rings. The molecule has 3 rings (SSSR count). The highest BCUT2D eigenvalue weighted by atomic mass is 16.6. The van der Waals surface area contributed by atoms with Gasteiger partial charge in [-0.15, -0.1) is 0 Å². The maximum atomic E-state index is 12.5. The van der Waals surface area contributed by atoms with Crippen LogP contribution in [0.5, 0.6) is 0 Å². The Morgan fingerprint density at radius 3 is 2.48 bits per heavy atom. The van der Waals surface area contributed by atoms with Crippen molar-refractivity contribution >= 4 is 23.2 Å². The first-order valence-corrected chi connectivity index (χ1v) is 9.20. The largest absolute Gasteiger partial charge is 0.362 e. The zero-order chi connectivity index (χ0) is 19.6. The van der Waals surface area contributed by atoms with Crippen LogP contribution in [0.2, 0.25) is 0 Å². The summed E-state index contributed by atoms with van der Waals surface area (Å²) in [6, 6.07) is 4.46. The first-order chi connectivity index (χ1) is 12.9. The number of carbonyl (C=O) groups excluding carboxylic acids is 2. The molecule has 0 radical (unpaired) electrons. The second-order valence-corrected chi connectivity index (χ2v) is 7.11. The maximum absolute atomic E-state index is 12.5. The average Bonchev–Trinajstić information content (AvgIpc) is 3.50. The van der Waals surface area contributed by atoms with E-state index in [1.54, 1.807) is 17.0 Å². The van der Waals surface area contributed by atoms with Crippen LogP contribution in [-0.4, -0.2) is 60.4 Å². The summed E-state index contributed by atoms with van der Waals surface area (Å²) in [6.45, 7) is 3.95. The van der Waals surface area contributed by atoms with Crippen LogP contribution in [0.3, 0.4) is 0 Å². The smallest absolute Gasteiger partial charge is 0.293 e. The maximum Gasteiger partial charge on any atom is 0.293 e. The van der Waals surface area contributed by atoms with E-state index < -0.39 is 4.92 Å². The van der Waals surface area contributed by atoms with E-state index in [0.29, 0.717) is 44.3 Å². The number of amides is 2. The monoisotopic (exact) mass is 375 g/mol. The highest BCUT2D eigenvalue weighted by molar-refractivity contribution is 5.96. The summed E-state index contributed by atoms with van der Waals surface area (Å²) in [5, 5.41) is 14.5. The van der Waals surface area contributed by atoms with E-state index in [4.69, 9.17) is 5.73 Å². The minimum Gasteiger partial charge on any atom is -0.362 e. The predicted molar refractivity (Wildman–Crippen MR) is 101 cm³/mol. The second kappa shape index (κ2) is 7.91. The third-order valence-electron chi connectivity index (χ3n) is 5.26. The van der Waals surface area contributed by atoms with Crippen molar-refractivity contribution in [3.63, 3.8) is 0 Å². The Balaban J connectivity index is 1.76. The van der Waals surface area contributed by atoms with E-state index in [-0.39, 0.29) is 29.1 Å². The number of nitro benzene ring substituents is 1. The molecule has 3 N–H and O–H groups in total. The summed E-state index contributed by atoms with van der Waals surface area (Å²) in [4.78, 5) is 38.6. The minimum atomic E-state index is -0.467. The summed E-state index contributed by atoms with van der Waals surface area (Å²) in [5.41, 5.74) is 6.34. The van der Waals surface area contributed by atoms with E-state index in [1.165, 1.54) is 13.0 Å². The fraction of sp³-hybridized carbons (Fsp3) is 0.556. The van der Waals surface area contributed by atoms with Crippen molar-refractivity contribution in [3.05, 3.63) is 33.9 Å². The Hall–Kier alpha value is -2.68. The number of anilines is 1. The van der Waals surface area contributed by atoms with Crippen molar-refractivity contribution in [2.45, 2.75) is 25.8 Å². The van der Waals surface area contributed by atoms with E-state index in [0.717, 1.165) is 12.8 Å². The van der Waals surface area contributed by atoms with Crippen LogP contribution in [0.4, 0.5) is 11.4 Å². The number of hydrogen-bond acceptors (Lipinski definition) is 6. The van der Waals surface area contributed by atoms with Gasteiger partial charge in [-0.1, -0.05) is 0 Å². The van der Waals surface area contributed by atoms with E-state index >= 15 is 0 Å². The van der Waals surface area contributed by atoms with Crippen molar-refractivity contribution in [2.75, 3.05) is 37.6 Å². The van der Waals surface area contributed by atoms with Crippen molar-refractivity contribution in [3.8, 4) is 0 Å². The third-order valence-corrected chi connectivity index (χ3v) is 5.26. The first-order valence-electron chi connectivity index (χ1n) is 9.20. The number of carbonyl (C=O) groups is 2. The molecule has 1 aromatic carbocycles. The van der Waals surface area contributed by atoms with Gasteiger partial charge in [0.05, 0.1) is 4.92 Å². The van der Waals surface area contributed by atoms with Crippen molar-refractivity contribution < 1.29 is 14.5 Å². The van der Waals surface area contributed by atoms with Gasteiger partial charge in [-0.25, -0.2) is 0 Å². The lowest BCUT2D eigenvalue weighted by atomic mass is 10.1. The standard InChI is InChI=1S/C18H25N5O4/c1-12(24)21-6-8-22(9-7-21)16-5-4-14(10-17(16)23(26)27)18(25)20-15(11-19)13-2-3-13/h4-5,10,13,15H,2-3,6-9,11,19H2,1H3,(H,20,25). The molecular formula is C18H25N5O4. The van der Waals surface area contributed by atoms with Crippen LogP contribution < -0.4 is 16.0 Å². The lowest BCUT2D eigenvalue weighted by Gasteiger charge is -2.35. The molecule has 1 atom stereocenters. The summed E-state index contributed by atoms with van der Waals surface area (Å²) >= 11 is 0. The van der Waals surface area contributed by atoms with Gasteiger partial charge < -0.3 is 20.9 Å². The number of nitrogens with two attached hydrogens (primary N) is 1. The van der Waals surface area contributed by atoms with Gasteiger partial charge in [-0.3, -0.25) is 19.7 Å². The van der Waals surface area contributed by atoms with Gasteiger partial charge in [0.25, 0.3) is 11.6 Å². The first kappa shape index (κ1) is 19.1. The number of nitro groups is 1. The van der Waals surface area contributed by atoms with Gasteiger partial charge in [-0.2, -0.15) is 0 Å². The fourth-order valence-electron chi connectivity index (χ4n) is 3.46. The lowest BCUT2D eigenvalue weighted by Crippen LogP contribution is -2.48. The third kappa shape index (κ3) is 4.36. The van der Waals surface area contributed by atoms with E-state index in [2.05, 4.69) is 5.32 Å². The summed E-state index contributed by atoms with van der Waals surface area (Å²) in [7, 11) is 0. The highest BCUT2D eigenvalue weighted by Crippen LogP contribution is 2.33. The van der Waals surface area contributed by atoms with Crippen molar-refractivity contribution in [2.24, 2.45) is 11.7 Å². The Morgan fingerprint density at radius 1 is 1.30 bits per heavy atom. The molecule has 0 bridgehead atoms. The molecule has 1 saturated carbocycles. The number of piperazine rings is 1. The van der Waals surface area contributed by atoms with Crippen LogP contribution in [0, 0.1) is 16.0 Å². The second-order valence-electron chi connectivity index (χ2n) is 7.11. The molecule has 1 unspecified atom stereocenters. The molecule has 1 aliphatic heterocycles. The molecule has 0 aromatic heterocycles. The van der Waals surface area contributed by atoms with Gasteiger partial charge >= 0.3 is 0 Å². The van der Waals surface area contributed by atoms with Gasteiger partial charge in [-0.05, 0) is 30.9 Å². The van der Waals surface area contributed by atoms with E-state index in [1.807, 2.05) is 4.90 Å². The normalized spacial score (nSPS) is 18.1. The van der Waals surface area contributed by atoms with Crippen LogP contribution in [0.1, 0.15) is 30.1 Å². The summed E-state index contributed by atoms with van der Waals surface area (Å²) in [5.74, 6) is 0.0699. The fourth-order valence-corrected chi connectivity index (χ4v) is 3.46. The molecule has 1 aliphatic carbocycles. The highest BCUT2D eigenvalue weighted by Gasteiger charge is 2.32. The SMILES string of the molecule is CC(=O)N1CCN(c2ccc(C(=O)NC(CN)C3CC3)cc2[N+](=O)[O-])CC1. The van der Waals surface area contributed by atoms with E-state index in [9.17, 15) is 19.7 Å². The topological polar surface area (TPSA) is 122 Å². The van der Waals surface area contributed by atoms with Crippen molar-refractivity contribution in [1.29, 1.82) is 0 Å². The average molecular weight is 375 g/mol. The van der Waals surface area contributed by atoms with Gasteiger partial charge in [0, 0.05) is 57.3 Å². The van der Waals surface area contributed by atoms with Crippen LogP contribution >= 0.6 is 0 Å².